The number of rotatable bonds is 6. The summed E-state index contributed by atoms with van der Waals surface area (Å²) in [5, 5.41) is 6.03. The lowest BCUT2D eigenvalue weighted by atomic mass is 9.89. The van der Waals surface area contributed by atoms with Crippen LogP contribution in [0.25, 0.3) is 11.1 Å². The third kappa shape index (κ3) is 5.00. The van der Waals surface area contributed by atoms with Gasteiger partial charge in [0.15, 0.2) is 0 Å². The predicted molar refractivity (Wildman–Crippen MR) is 126 cm³/mol. The summed E-state index contributed by atoms with van der Waals surface area (Å²) in [4.78, 5) is 25.2. The summed E-state index contributed by atoms with van der Waals surface area (Å²) < 4.78 is 5.04. The molecular formula is C25H24ClNO3S. The molecule has 160 valence electrons. The van der Waals surface area contributed by atoms with Gasteiger partial charge in [0.1, 0.15) is 10.6 Å². The Balaban J connectivity index is 1.54. The first kappa shape index (κ1) is 21.6. The monoisotopic (exact) mass is 453 g/mol. The van der Waals surface area contributed by atoms with Crippen molar-refractivity contribution in [3.8, 4) is 11.1 Å². The number of methoxy groups -OCH3 is 1. The Morgan fingerprint density at radius 1 is 1.06 bits per heavy atom. The van der Waals surface area contributed by atoms with E-state index >= 15 is 0 Å². The number of carbonyl (C=O) groups excluding carboxylic acids is 2. The third-order valence-corrected chi connectivity index (χ3v) is 6.79. The molecule has 1 amide bonds. The van der Waals surface area contributed by atoms with Crippen LogP contribution in [0.5, 0.6) is 0 Å². The minimum atomic E-state index is -0.443. The zero-order valence-corrected chi connectivity index (χ0v) is 18.9. The van der Waals surface area contributed by atoms with Crippen molar-refractivity contribution in [2.75, 3.05) is 12.4 Å². The molecule has 0 aliphatic heterocycles. The van der Waals surface area contributed by atoms with Gasteiger partial charge < -0.3 is 10.1 Å². The highest BCUT2D eigenvalue weighted by Crippen LogP contribution is 2.37. The van der Waals surface area contributed by atoms with Crippen LogP contribution in [0.4, 0.5) is 5.00 Å². The lowest BCUT2D eigenvalue weighted by Crippen LogP contribution is -2.14. The Morgan fingerprint density at radius 2 is 1.81 bits per heavy atom. The number of fused-ring (bicyclic) bond motifs is 1. The van der Waals surface area contributed by atoms with Crippen molar-refractivity contribution < 1.29 is 14.3 Å². The molecule has 4 nitrogen and oxygen atoms in total. The number of nitrogens with one attached hydrogen (secondary N) is 1. The maximum atomic E-state index is 12.6. The van der Waals surface area contributed by atoms with Gasteiger partial charge in [-0.15, -0.1) is 11.3 Å². The molecule has 0 atom stereocenters. The van der Waals surface area contributed by atoms with Gasteiger partial charge >= 0.3 is 5.97 Å². The molecule has 31 heavy (non-hydrogen) atoms. The number of benzene rings is 2. The van der Waals surface area contributed by atoms with Gasteiger partial charge in [0.25, 0.3) is 0 Å². The summed E-state index contributed by atoms with van der Waals surface area (Å²) in [6.45, 7) is 0. The van der Waals surface area contributed by atoms with Gasteiger partial charge in [-0.05, 0) is 66.5 Å². The summed E-state index contributed by atoms with van der Waals surface area (Å²) in [5.41, 5.74) is 5.98. The molecule has 1 aliphatic carbocycles. The lowest BCUT2D eigenvalue weighted by Gasteiger charge is -2.16. The van der Waals surface area contributed by atoms with Gasteiger partial charge in [-0.1, -0.05) is 41.9 Å². The molecule has 0 radical (unpaired) electrons. The van der Waals surface area contributed by atoms with Crippen LogP contribution in [0.15, 0.2) is 47.8 Å². The van der Waals surface area contributed by atoms with Crippen molar-refractivity contribution in [3.05, 3.63) is 75.1 Å². The van der Waals surface area contributed by atoms with E-state index in [1.54, 1.807) is 0 Å². The number of aryl methyl sites for hydroxylation is 3. The Morgan fingerprint density at radius 3 is 2.55 bits per heavy atom. The number of amides is 1. The first-order valence-electron chi connectivity index (χ1n) is 10.4. The average molecular weight is 454 g/mol. The molecule has 0 spiro atoms. The summed E-state index contributed by atoms with van der Waals surface area (Å²) in [6, 6.07) is 13.8. The SMILES string of the molecule is COC(=O)c1c(-c2ccc3c(c2)CCCC3)csc1NC(=O)CCc1ccc(Cl)cc1. The number of halogens is 1. The highest BCUT2D eigenvalue weighted by Gasteiger charge is 2.23. The van der Waals surface area contributed by atoms with Gasteiger partial charge in [-0.25, -0.2) is 4.79 Å². The lowest BCUT2D eigenvalue weighted by molar-refractivity contribution is -0.116. The molecule has 6 heteroatoms. The standard InChI is InChI=1S/C25H24ClNO3S/c1-30-25(29)23-21(19-10-9-17-4-2-3-5-18(17)14-19)15-31-24(23)27-22(28)13-8-16-6-11-20(26)12-7-16/h6-7,9-12,14-15H,2-5,8,13H2,1H3,(H,27,28). The van der Waals surface area contributed by atoms with Crippen LogP contribution < -0.4 is 5.32 Å². The minimum Gasteiger partial charge on any atom is -0.465 e. The van der Waals surface area contributed by atoms with E-state index in [1.807, 2.05) is 29.6 Å². The molecule has 1 N–H and O–H groups in total. The fourth-order valence-electron chi connectivity index (χ4n) is 3.97. The normalized spacial score (nSPS) is 12.8. The summed E-state index contributed by atoms with van der Waals surface area (Å²) in [5.74, 6) is -0.582. The van der Waals surface area contributed by atoms with E-state index in [0.717, 1.165) is 29.5 Å². The van der Waals surface area contributed by atoms with E-state index in [2.05, 4.69) is 23.5 Å². The molecule has 4 rings (SSSR count). The topological polar surface area (TPSA) is 55.4 Å². The molecule has 2 aromatic carbocycles. The van der Waals surface area contributed by atoms with E-state index in [9.17, 15) is 9.59 Å². The fraction of sp³-hybridized carbons (Fsp3) is 0.280. The van der Waals surface area contributed by atoms with Crippen LogP contribution in [0.1, 0.15) is 46.3 Å². The van der Waals surface area contributed by atoms with Crippen molar-refractivity contribution in [1.82, 2.24) is 0 Å². The summed E-state index contributed by atoms with van der Waals surface area (Å²) in [7, 11) is 1.36. The van der Waals surface area contributed by atoms with E-state index < -0.39 is 5.97 Å². The quantitative estimate of drug-likeness (QED) is 0.445. The van der Waals surface area contributed by atoms with Gasteiger partial charge in [0, 0.05) is 22.4 Å². The van der Waals surface area contributed by atoms with Crippen molar-refractivity contribution in [2.24, 2.45) is 0 Å². The molecule has 1 aliphatic rings. The van der Waals surface area contributed by atoms with Crippen molar-refractivity contribution >= 4 is 39.8 Å². The minimum absolute atomic E-state index is 0.140. The van der Waals surface area contributed by atoms with Crippen LogP contribution in [-0.2, 0) is 28.8 Å². The molecule has 1 aromatic heterocycles. The van der Waals surface area contributed by atoms with Crippen molar-refractivity contribution in [1.29, 1.82) is 0 Å². The first-order valence-corrected chi connectivity index (χ1v) is 11.7. The number of thiophene rings is 1. The van der Waals surface area contributed by atoms with Gasteiger partial charge in [-0.2, -0.15) is 0 Å². The number of carbonyl (C=O) groups is 2. The van der Waals surface area contributed by atoms with Crippen LogP contribution in [0, 0.1) is 0 Å². The Hall–Kier alpha value is -2.63. The van der Waals surface area contributed by atoms with E-state index in [0.29, 0.717) is 28.4 Å². The highest BCUT2D eigenvalue weighted by atomic mass is 35.5. The maximum absolute atomic E-state index is 12.6. The van der Waals surface area contributed by atoms with Crippen LogP contribution in [-0.4, -0.2) is 19.0 Å². The Kier molecular flexibility index (Phi) is 6.73. The maximum Gasteiger partial charge on any atom is 0.341 e. The number of anilines is 1. The second kappa shape index (κ2) is 9.67. The number of ether oxygens (including phenoxy) is 1. The van der Waals surface area contributed by atoms with E-state index in [1.165, 1.54) is 42.4 Å². The Bertz CT molecular complexity index is 1100. The van der Waals surface area contributed by atoms with E-state index in [-0.39, 0.29) is 5.91 Å². The summed E-state index contributed by atoms with van der Waals surface area (Å²) >= 11 is 7.27. The second-order valence-corrected chi connectivity index (χ2v) is 9.03. The van der Waals surface area contributed by atoms with Crippen LogP contribution in [0.2, 0.25) is 5.02 Å². The molecule has 1 heterocycles. The second-order valence-electron chi connectivity index (χ2n) is 7.71. The molecule has 0 fully saturated rings. The Labute approximate surface area is 191 Å². The average Bonchev–Trinajstić information content (AvgIpc) is 3.21. The molecule has 0 saturated carbocycles. The van der Waals surface area contributed by atoms with Gasteiger partial charge in [0.05, 0.1) is 7.11 Å². The van der Waals surface area contributed by atoms with Crippen molar-refractivity contribution in [3.63, 3.8) is 0 Å². The largest absolute Gasteiger partial charge is 0.465 e. The molecule has 0 unspecified atom stereocenters. The first-order chi connectivity index (χ1) is 15.0. The molecule has 3 aromatic rings. The number of hydrogen-bond acceptors (Lipinski definition) is 4. The third-order valence-electron chi connectivity index (χ3n) is 5.65. The molecule has 0 bridgehead atoms. The van der Waals surface area contributed by atoms with E-state index in [4.69, 9.17) is 16.3 Å². The number of esters is 1. The number of hydrogen-bond donors (Lipinski definition) is 1. The fourth-order valence-corrected chi connectivity index (χ4v) is 5.07. The zero-order chi connectivity index (χ0) is 21.8. The predicted octanol–water partition coefficient (Wildman–Crippen LogP) is 6.31. The smallest absolute Gasteiger partial charge is 0.341 e. The van der Waals surface area contributed by atoms with Crippen LogP contribution >= 0.6 is 22.9 Å². The highest BCUT2D eigenvalue weighted by molar-refractivity contribution is 7.15. The van der Waals surface area contributed by atoms with Crippen molar-refractivity contribution in [2.45, 2.75) is 38.5 Å². The van der Waals surface area contributed by atoms with Gasteiger partial charge in [0.2, 0.25) is 5.91 Å². The molecular weight excluding hydrogens is 430 g/mol. The summed E-state index contributed by atoms with van der Waals surface area (Å²) in [6.07, 6.45) is 5.50. The van der Waals surface area contributed by atoms with Crippen LogP contribution in [0.3, 0.4) is 0 Å². The zero-order valence-electron chi connectivity index (χ0n) is 17.4. The van der Waals surface area contributed by atoms with Gasteiger partial charge in [-0.3, -0.25) is 4.79 Å². The molecule has 0 saturated heterocycles.